The summed E-state index contributed by atoms with van der Waals surface area (Å²) in [5.74, 6) is 0.846. The Morgan fingerprint density at radius 3 is 2.80 bits per heavy atom. The molecule has 1 aromatic rings. The Balaban J connectivity index is 2.17. The summed E-state index contributed by atoms with van der Waals surface area (Å²) in [6.07, 6.45) is 4.00. The van der Waals surface area contributed by atoms with E-state index in [4.69, 9.17) is 10.5 Å². The second-order valence-electron chi connectivity index (χ2n) is 5.61. The highest BCUT2D eigenvalue weighted by Crippen LogP contribution is 2.30. The van der Waals surface area contributed by atoms with Crippen LogP contribution in [0.15, 0.2) is 24.3 Å². The van der Waals surface area contributed by atoms with E-state index in [1.165, 1.54) is 6.42 Å². The van der Waals surface area contributed by atoms with Gasteiger partial charge in [-0.1, -0.05) is 25.0 Å². The van der Waals surface area contributed by atoms with Gasteiger partial charge in [0, 0.05) is 18.6 Å². The predicted molar refractivity (Wildman–Crippen MR) is 80.8 cm³/mol. The highest BCUT2D eigenvalue weighted by molar-refractivity contribution is 5.31. The van der Waals surface area contributed by atoms with Gasteiger partial charge < -0.3 is 15.6 Å². The molecule has 112 valence electrons. The second-order valence-corrected chi connectivity index (χ2v) is 5.61. The molecule has 0 saturated heterocycles. The number of ether oxygens (including phenoxy) is 1. The second kappa shape index (κ2) is 7.07. The molecule has 0 radical (unpaired) electrons. The average Bonchev–Trinajstić information content (AvgIpc) is 2.48. The van der Waals surface area contributed by atoms with Gasteiger partial charge in [0.1, 0.15) is 5.75 Å². The SMILES string of the molecule is COc1cccc(C(CN)N(C)C2CCCCC2O)c1. The highest BCUT2D eigenvalue weighted by atomic mass is 16.5. The van der Waals surface area contributed by atoms with Crippen LogP contribution in [-0.2, 0) is 0 Å². The number of benzene rings is 1. The molecule has 1 aromatic carbocycles. The van der Waals surface area contributed by atoms with Crippen molar-refractivity contribution in [2.24, 2.45) is 5.73 Å². The molecule has 4 heteroatoms. The Morgan fingerprint density at radius 2 is 2.15 bits per heavy atom. The van der Waals surface area contributed by atoms with Crippen LogP contribution in [0, 0.1) is 0 Å². The van der Waals surface area contributed by atoms with E-state index in [1.807, 2.05) is 18.2 Å². The van der Waals surface area contributed by atoms with Crippen molar-refractivity contribution in [3.8, 4) is 5.75 Å². The summed E-state index contributed by atoms with van der Waals surface area (Å²) in [4.78, 5) is 2.23. The van der Waals surface area contributed by atoms with Crippen molar-refractivity contribution in [2.75, 3.05) is 20.7 Å². The van der Waals surface area contributed by atoms with E-state index in [0.717, 1.165) is 30.6 Å². The monoisotopic (exact) mass is 278 g/mol. The van der Waals surface area contributed by atoms with Crippen LogP contribution in [0.25, 0.3) is 0 Å². The molecule has 0 heterocycles. The Bertz CT molecular complexity index is 425. The number of methoxy groups -OCH3 is 1. The molecule has 20 heavy (non-hydrogen) atoms. The van der Waals surface area contributed by atoms with Gasteiger partial charge in [-0.05, 0) is 37.6 Å². The number of likely N-dealkylation sites (N-methyl/N-ethyl adjacent to an activating group) is 1. The molecule has 1 saturated carbocycles. The van der Waals surface area contributed by atoms with Crippen molar-refractivity contribution < 1.29 is 9.84 Å². The zero-order valence-corrected chi connectivity index (χ0v) is 12.5. The normalized spacial score (nSPS) is 24.6. The van der Waals surface area contributed by atoms with E-state index in [1.54, 1.807) is 7.11 Å². The van der Waals surface area contributed by atoms with Crippen molar-refractivity contribution in [2.45, 2.75) is 43.9 Å². The average molecular weight is 278 g/mol. The van der Waals surface area contributed by atoms with E-state index >= 15 is 0 Å². The Morgan fingerprint density at radius 1 is 1.40 bits per heavy atom. The van der Waals surface area contributed by atoms with Crippen LogP contribution >= 0.6 is 0 Å². The lowest BCUT2D eigenvalue weighted by molar-refractivity contribution is 0.0137. The van der Waals surface area contributed by atoms with Gasteiger partial charge >= 0.3 is 0 Å². The van der Waals surface area contributed by atoms with Gasteiger partial charge in [0.15, 0.2) is 0 Å². The molecule has 1 aliphatic carbocycles. The summed E-state index contributed by atoms with van der Waals surface area (Å²) in [6, 6.07) is 8.34. The van der Waals surface area contributed by atoms with Crippen molar-refractivity contribution in [3.63, 3.8) is 0 Å². The van der Waals surface area contributed by atoms with Crippen LogP contribution in [0.4, 0.5) is 0 Å². The lowest BCUT2D eigenvalue weighted by Crippen LogP contribution is -2.46. The van der Waals surface area contributed by atoms with Crippen LogP contribution in [0.3, 0.4) is 0 Å². The van der Waals surface area contributed by atoms with Crippen LogP contribution in [0.5, 0.6) is 5.75 Å². The first-order chi connectivity index (χ1) is 9.67. The fourth-order valence-electron chi connectivity index (χ4n) is 3.18. The minimum Gasteiger partial charge on any atom is -0.497 e. The van der Waals surface area contributed by atoms with E-state index in [2.05, 4.69) is 18.0 Å². The summed E-state index contributed by atoms with van der Waals surface area (Å²) in [7, 11) is 3.74. The number of aliphatic hydroxyl groups is 1. The van der Waals surface area contributed by atoms with Crippen LogP contribution < -0.4 is 10.5 Å². The standard InChI is InChI=1S/C16H26N2O2/c1-18(14-8-3-4-9-16(14)19)15(11-17)12-6-5-7-13(10-12)20-2/h5-7,10,14-16,19H,3-4,8-9,11,17H2,1-2H3. The highest BCUT2D eigenvalue weighted by Gasteiger charge is 2.30. The topological polar surface area (TPSA) is 58.7 Å². The molecule has 4 nitrogen and oxygen atoms in total. The van der Waals surface area contributed by atoms with E-state index in [-0.39, 0.29) is 18.2 Å². The molecular formula is C16H26N2O2. The molecular weight excluding hydrogens is 252 g/mol. The van der Waals surface area contributed by atoms with Crippen molar-refractivity contribution in [1.29, 1.82) is 0 Å². The quantitative estimate of drug-likeness (QED) is 0.864. The maximum Gasteiger partial charge on any atom is 0.119 e. The first-order valence-electron chi connectivity index (χ1n) is 7.41. The largest absolute Gasteiger partial charge is 0.497 e. The summed E-state index contributed by atoms with van der Waals surface area (Å²) in [5, 5.41) is 10.2. The van der Waals surface area contributed by atoms with Gasteiger partial charge in [-0.25, -0.2) is 0 Å². The fraction of sp³-hybridized carbons (Fsp3) is 0.625. The zero-order chi connectivity index (χ0) is 14.5. The molecule has 0 amide bonds. The summed E-state index contributed by atoms with van der Waals surface area (Å²) in [6.45, 7) is 0.535. The smallest absolute Gasteiger partial charge is 0.119 e. The third-order valence-electron chi connectivity index (χ3n) is 4.41. The van der Waals surface area contributed by atoms with Crippen LogP contribution in [0.2, 0.25) is 0 Å². The molecule has 0 bridgehead atoms. The Kier molecular flexibility index (Phi) is 5.40. The molecule has 1 fully saturated rings. The summed E-state index contributed by atoms with van der Waals surface area (Å²) >= 11 is 0. The number of nitrogens with zero attached hydrogens (tertiary/aromatic N) is 1. The maximum absolute atomic E-state index is 10.2. The molecule has 3 N–H and O–H groups in total. The molecule has 0 spiro atoms. The van der Waals surface area contributed by atoms with Gasteiger partial charge in [0.25, 0.3) is 0 Å². The number of hydrogen-bond acceptors (Lipinski definition) is 4. The lowest BCUT2D eigenvalue weighted by Gasteiger charge is -2.39. The summed E-state index contributed by atoms with van der Waals surface area (Å²) < 4.78 is 5.29. The first-order valence-corrected chi connectivity index (χ1v) is 7.41. The third-order valence-corrected chi connectivity index (χ3v) is 4.41. The minimum atomic E-state index is -0.242. The van der Waals surface area contributed by atoms with Crippen LogP contribution in [-0.4, -0.2) is 42.9 Å². The fourth-order valence-corrected chi connectivity index (χ4v) is 3.18. The van der Waals surface area contributed by atoms with Crippen LogP contribution in [0.1, 0.15) is 37.3 Å². The third kappa shape index (κ3) is 3.32. The number of hydrogen-bond donors (Lipinski definition) is 2. The molecule has 2 rings (SSSR count). The molecule has 3 unspecified atom stereocenters. The van der Waals surface area contributed by atoms with Gasteiger partial charge in [-0.2, -0.15) is 0 Å². The van der Waals surface area contributed by atoms with E-state index in [0.29, 0.717) is 6.54 Å². The number of rotatable bonds is 5. The van der Waals surface area contributed by atoms with Gasteiger partial charge in [-0.15, -0.1) is 0 Å². The van der Waals surface area contributed by atoms with Crippen molar-refractivity contribution in [3.05, 3.63) is 29.8 Å². The van der Waals surface area contributed by atoms with Crippen molar-refractivity contribution in [1.82, 2.24) is 4.90 Å². The van der Waals surface area contributed by atoms with Gasteiger partial charge in [-0.3, -0.25) is 4.90 Å². The summed E-state index contributed by atoms with van der Waals surface area (Å²) in [5.41, 5.74) is 7.13. The zero-order valence-electron chi connectivity index (χ0n) is 12.5. The predicted octanol–water partition coefficient (Wildman–Crippen LogP) is 1.93. The molecule has 3 atom stereocenters. The first kappa shape index (κ1) is 15.3. The molecule has 0 aliphatic heterocycles. The van der Waals surface area contributed by atoms with E-state index in [9.17, 15) is 5.11 Å². The van der Waals surface area contributed by atoms with Crippen molar-refractivity contribution >= 4 is 0 Å². The lowest BCUT2D eigenvalue weighted by atomic mass is 9.90. The Hall–Kier alpha value is -1.10. The molecule has 0 aromatic heterocycles. The van der Waals surface area contributed by atoms with Gasteiger partial charge in [0.2, 0.25) is 0 Å². The number of aliphatic hydroxyl groups excluding tert-OH is 1. The number of nitrogens with two attached hydrogens (primary N) is 1. The minimum absolute atomic E-state index is 0.114. The molecule has 1 aliphatic rings. The Labute approximate surface area is 121 Å². The maximum atomic E-state index is 10.2. The van der Waals surface area contributed by atoms with Gasteiger partial charge in [0.05, 0.1) is 13.2 Å². The van der Waals surface area contributed by atoms with E-state index < -0.39 is 0 Å².